The number of nitrogens with one attached hydrogen (secondary N) is 1. The molecule has 2 aromatic carbocycles. The van der Waals surface area contributed by atoms with Crippen molar-refractivity contribution in [1.82, 2.24) is 9.97 Å². The molecule has 164 valence electrons. The average molecular weight is 438 g/mol. The summed E-state index contributed by atoms with van der Waals surface area (Å²) in [5.74, 6) is -0.837. The number of nitrogens with zero attached hydrogens (tertiary/aromatic N) is 3. The summed E-state index contributed by atoms with van der Waals surface area (Å²) in [4.78, 5) is 23.4. The molecule has 0 radical (unpaired) electrons. The van der Waals surface area contributed by atoms with Gasteiger partial charge in [-0.2, -0.15) is 0 Å². The Bertz CT molecular complexity index is 1290. The Morgan fingerprint density at radius 1 is 1.03 bits per heavy atom. The molecule has 0 aliphatic heterocycles. The number of para-hydroxylation sites is 1. The van der Waals surface area contributed by atoms with Crippen molar-refractivity contribution in [1.29, 1.82) is 5.41 Å². The normalized spacial score (nSPS) is 12.0. The zero-order chi connectivity index (χ0) is 23.0. The summed E-state index contributed by atoms with van der Waals surface area (Å²) in [6, 6.07) is 22.7. The molecule has 0 aliphatic carbocycles. The topological polar surface area (TPSA) is 109 Å². The van der Waals surface area contributed by atoms with Gasteiger partial charge in [0.05, 0.1) is 22.8 Å². The Labute approximate surface area is 191 Å². The molecule has 2 aromatic heterocycles. The minimum Gasteiger partial charge on any atom is -0.487 e. The van der Waals surface area contributed by atoms with Gasteiger partial charge in [-0.25, -0.2) is 4.98 Å². The first-order chi connectivity index (χ1) is 16.1. The zero-order valence-corrected chi connectivity index (χ0v) is 17.8. The lowest BCUT2D eigenvalue weighted by Gasteiger charge is -2.15. The predicted molar refractivity (Wildman–Crippen MR) is 127 cm³/mol. The third-order valence-electron chi connectivity index (χ3n) is 5.07. The molecule has 0 bridgehead atoms. The van der Waals surface area contributed by atoms with Crippen LogP contribution in [0.25, 0.3) is 10.9 Å². The molecule has 4 rings (SSSR count). The number of ether oxygens (including phenoxy) is 1. The van der Waals surface area contributed by atoms with Crippen molar-refractivity contribution >= 4 is 28.8 Å². The lowest BCUT2D eigenvalue weighted by molar-refractivity contribution is -0.135. The van der Waals surface area contributed by atoms with E-state index >= 15 is 0 Å². The molecular weight excluding hydrogens is 416 g/mol. The van der Waals surface area contributed by atoms with Gasteiger partial charge in [0.25, 0.3) is 0 Å². The summed E-state index contributed by atoms with van der Waals surface area (Å²) in [7, 11) is 0. The molecule has 2 N–H and O–H groups in total. The highest BCUT2D eigenvalue weighted by molar-refractivity contribution is 6.12. The molecule has 2 heterocycles. The van der Waals surface area contributed by atoms with E-state index in [-0.39, 0.29) is 6.54 Å². The molecule has 0 amide bonds. The fraction of sp³-hybridized carbons (Fsp3) is 0.115. The summed E-state index contributed by atoms with van der Waals surface area (Å²) < 4.78 is 5.88. The van der Waals surface area contributed by atoms with Crippen molar-refractivity contribution in [2.24, 2.45) is 4.99 Å². The van der Waals surface area contributed by atoms with Crippen LogP contribution >= 0.6 is 0 Å². The Balaban J connectivity index is 1.46. The Hall–Kier alpha value is -4.39. The predicted octanol–water partition coefficient (Wildman–Crippen LogP) is 4.52. The summed E-state index contributed by atoms with van der Waals surface area (Å²) in [6.07, 6.45) is 4.78. The van der Waals surface area contributed by atoms with E-state index in [9.17, 15) is 4.79 Å². The molecule has 0 saturated carbocycles. The molecule has 0 aliphatic rings. The van der Waals surface area contributed by atoms with E-state index in [1.54, 1.807) is 24.5 Å². The number of aliphatic imine (C=N–C) groups is 1. The average Bonchev–Trinajstić information content (AvgIpc) is 2.85. The maximum atomic E-state index is 10.8. The van der Waals surface area contributed by atoms with Crippen LogP contribution in [0.5, 0.6) is 5.75 Å². The third-order valence-corrected chi connectivity index (χ3v) is 5.07. The second-order valence-electron chi connectivity index (χ2n) is 7.36. The Morgan fingerprint density at radius 2 is 1.79 bits per heavy atom. The van der Waals surface area contributed by atoms with Gasteiger partial charge in [-0.3, -0.25) is 14.8 Å². The van der Waals surface area contributed by atoms with Gasteiger partial charge in [-0.05, 0) is 59.7 Å². The number of carbonyl (C=O) groups is 1. The molecule has 33 heavy (non-hydrogen) atoms. The van der Waals surface area contributed by atoms with Gasteiger partial charge in [0.2, 0.25) is 0 Å². The number of rotatable bonds is 9. The second-order valence-corrected chi connectivity index (χ2v) is 7.36. The maximum Gasteiger partial charge on any atom is 0.325 e. The smallest absolute Gasteiger partial charge is 0.325 e. The maximum absolute atomic E-state index is 10.8. The number of carboxylic acid groups (broad SMARTS) is 1. The number of fused-ring (bicyclic) bond motifs is 1. The molecule has 0 spiro atoms. The lowest BCUT2D eigenvalue weighted by atomic mass is 9.91. The summed E-state index contributed by atoms with van der Waals surface area (Å²) >= 11 is 0. The number of pyridine rings is 2. The summed E-state index contributed by atoms with van der Waals surface area (Å²) in [5.41, 5.74) is 3.56. The number of aliphatic carboxylic acids is 1. The first kappa shape index (κ1) is 21.8. The van der Waals surface area contributed by atoms with Crippen molar-refractivity contribution in [2.75, 3.05) is 6.54 Å². The monoisotopic (exact) mass is 438 g/mol. The van der Waals surface area contributed by atoms with E-state index in [2.05, 4.69) is 15.0 Å². The number of aromatic nitrogens is 2. The highest BCUT2D eigenvalue weighted by Gasteiger charge is 2.17. The number of carboxylic acids is 1. The van der Waals surface area contributed by atoms with Crippen molar-refractivity contribution < 1.29 is 14.6 Å². The number of benzene rings is 2. The summed E-state index contributed by atoms with van der Waals surface area (Å²) in [6.45, 7) is -0.00639. The molecule has 7 heteroatoms. The largest absolute Gasteiger partial charge is 0.487 e. The van der Waals surface area contributed by atoms with Gasteiger partial charge in [0.1, 0.15) is 18.9 Å². The van der Waals surface area contributed by atoms with E-state index in [0.717, 1.165) is 22.2 Å². The van der Waals surface area contributed by atoms with Crippen LogP contribution in [0.3, 0.4) is 0 Å². The van der Waals surface area contributed by atoms with Gasteiger partial charge in [-0.15, -0.1) is 0 Å². The molecule has 0 fully saturated rings. The Morgan fingerprint density at radius 3 is 2.55 bits per heavy atom. The van der Waals surface area contributed by atoms with Crippen LogP contribution in [0.1, 0.15) is 22.7 Å². The van der Waals surface area contributed by atoms with Crippen LogP contribution in [0, 0.1) is 5.41 Å². The van der Waals surface area contributed by atoms with E-state index in [1.807, 2.05) is 60.7 Å². The van der Waals surface area contributed by atoms with Crippen LogP contribution in [0.15, 0.2) is 90.2 Å². The van der Waals surface area contributed by atoms with E-state index in [4.69, 9.17) is 15.3 Å². The standard InChI is InChI=1S/C26H22N4O3/c27-26(23(15-29-16-25(31)32)18-11-13-28-14-12-18)20-6-9-22(10-7-20)33-17-21-8-5-19-3-1-2-4-24(19)30-21/h1-15,23,27H,16-17H2,(H,31,32). The molecule has 1 unspecified atom stereocenters. The first-order valence-electron chi connectivity index (χ1n) is 10.4. The van der Waals surface area contributed by atoms with Crippen LogP contribution in [-0.2, 0) is 11.4 Å². The second kappa shape index (κ2) is 10.3. The molecule has 1 atom stereocenters. The van der Waals surface area contributed by atoms with Crippen LogP contribution < -0.4 is 4.74 Å². The first-order valence-corrected chi connectivity index (χ1v) is 10.4. The molecule has 7 nitrogen and oxygen atoms in total. The minimum absolute atomic E-state index is 0.304. The van der Waals surface area contributed by atoms with Crippen LogP contribution in [0.2, 0.25) is 0 Å². The van der Waals surface area contributed by atoms with Crippen molar-refractivity contribution in [3.05, 3.63) is 102 Å². The van der Waals surface area contributed by atoms with Gasteiger partial charge in [0.15, 0.2) is 0 Å². The van der Waals surface area contributed by atoms with Gasteiger partial charge < -0.3 is 15.3 Å². The SMILES string of the molecule is N=C(c1ccc(OCc2ccc3ccccc3n2)cc1)C(C=NCC(=O)O)c1ccncc1. The Kier molecular flexibility index (Phi) is 6.80. The van der Waals surface area contributed by atoms with Crippen molar-refractivity contribution in [3.8, 4) is 5.75 Å². The van der Waals surface area contributed by atoms with E-state index < -0.39 is 11.9 Å². The number of hydrogen-bond acceptors (Lipinski definition) is 6. The van der Waals surface area contributed by atoms with Crippen LogP contribution in [0.4, 0.5) is 0 Å². The highest BCUT2D eigenvalue weighted by Crippen LogP contribution is 2.22. The lowest BCUT2D eigenvalue weighted by Crippen LogP contribution is -2.15. The third kappa shape index (κ3) is 5.65. The fourth-order valence-electron chi connectivity index (χ4n) is 3.39. The number of hydrogen-bond donors (Lipinski definition) is 2. The molecular formula is C26H22N4O3. The van der Waals surface area contributed by atoms with E-state index in [0.29, 0.717) is 23.6 Å². The van der Waals surface area contributed by atoms with Gasteiger partial charge >= 0.3 is 5.97 Å². The quantitative estimate of drug-likeness (QED) is 0.374. The van der Waals surface area contributed by atoms with Gasteiger partial charge in [0, 0.05) is 24.0 Å². The minimum atomic E-state index is -1.02. The summed E-state index contributed by atoms with van der Waals surface area (Å²) in [5, 5.41) is 18.6. The van der Waals surface area contributed by atoms with Crippen LogP contribution in [-0.4, -0.2) is 39.5 Å². The van der Waals surface area contributed by atoms with Gasteiger partial charge in [-0.1, -0.05) is 24.3 Å². The molecule has 4 aromatic rings. The fourth-order valence-corrected chi connectivity index (χ4v) is 3.39. The van der Waals surface area contributed by atoms with Crippen molar-refractivity contribution in [2.45, 2.75) is 12.5 Å². The van der Waals surface area contributed by atoms with E-state index in [1.165, 1.54) is 6.21 Å². The van der Waals surface area contributed by atoms with Crippen molar-refractivity contribution in [3.63, 3.8) is 0 Å². The highest BCUT2D eigenvalue weighted by atomic mass is 16.5. The molecule has 0 saturated heterocycles. The zero-order valence-electron chi connectivity index (χ0n) is 17.8.